The van der Waals surface area contributed by atoms with Gasteiger partial charge in [-0.25, -0.2) is 4.79 Å². The first-order valence-electron chi connectivity index (χ1n) is 5.40. The first-order valence-corrected chi connectivity index (χ1v) is 5.40. The number of carboxylic acids is 1. The zero-order valence-corrected chi connectivity index (χ0v) is 9.50. The minimum Gasteiger partial charge on any atom is -0.478 e. The summed E-state index contributed by atoms with van der Waals surface area (Å²) in [4.78, 5) is 10.5. The summed E-state index contributed by atoms with van der Waals surface area (Å²) < 4.78 is 5.24. The third kappa shape index (κ3) is 5.17. The molecule has 0 amide bonds. The maximum atomic E-state index is 10.5. The number of para-hydroxylation sites is 1. The second-order valence-corrected chi connectivity index (χ2v) is 3.69. The molecule has 0 saturated heterocycles. The van der Waals surface area contributed by atoms with Gasteiger partial charge >= 0.3 is 5.97 Å². The minimum atomic E-state index is -0.997. The van der Waals surface area contributed by atoms with Crippen LogP contribution in [0.1, 0.15) is 19.3 Å². The van der Waals surface area contributed by atoms with Crippen LogP contribution in [0.4, 0.5) is 0 Å². The average Bonchev–Trinajstić information content (AvgIpc) is 2.30. The molecule has 0 fully saturated rings. The summed E-state index contributed by atoms with van der Waals surface area (Å²) in [6, 6.07) is 8.98. The number of aliphatic hydroxyl groups excluding tert-OH is 1. The van der Waals surface area contributed by atoms with Crippen LogP contribution in [0, 0.1) is 0 Å². The zero-order chi connectivity index (χ0) is 12.7. The summed E-state index contributed by atoms with van der Waals surface area (Å²) in [5.41, 5.74) is 0.150. The number of carboxylic acid groups (broad SMARTS) is 1. The van der Waals surface area contributed by atoms with E-state index in [1.165, 1.54) is 0 Å². The Balaban J connectivity index is 2.24. The molecular weight excluding hydrogens is 220 g/mol. The van der Waals surface area contributed by atoms with Gasteiger partial charge in [0.15, 0.2) is 6.29 Å². The Morgan fingerprint density at radius 3 is 2.59 bits per heavy atom. The molecule has 0 saturated carbocycles. The SMILES string of the molecule is C=C(CCCC(O)Oc1ccccc1)C(=O)O. The number of aliphatic hydroxyl groups is 1. The Morgan fingerprint density at radius 2 is 2.00 bits per heavy atom. The van der Waals surface area contributed by atoms with Gasteiger partial charge in [-0.05, 0) is 25.0 Å². The second kappa shape index (κ2) is 6.70. The van der Waals surface area contributed by atoms with E-state index >= 15 is 0 Å². The van der Waals surface area contributed by atoms with Crippen molar-refractivity contribution in [1.82, 2.24) is 0 Å². The molecule has 4 heteroatoms. The molecule has 0 radical (unpaired) electrons. The van der Waals surface area contributed by atoms with Crippen molar-refractivity contribution in [2.45, 2.75) is 25.6 Å². The van der Waals surface area contributed by atoms with Gasteiger partial charge in [0.05, 0.1) is 0 Å². The van der Waals surface area contributed by atoms with Crippen LogP contribution in [0.3, 0.4) is 0 Å². The van der Waals surface area contributed by atoms with Crippen molar-refractivity contribution in [2.24, 2.45) is 0 Å². The van der Waals surface area contributed by atoms with Crippen LogP contribution in [0.15, 0.2) is 42.5 Å². The summed E-state index contributed by atoms with van der Waals surface area (Å²) in [5, 5.41) is 18.1. The van der Waals surface area contributed by atoms with Crippen molar-refractivity contribution in [3.05, 3.63) is 42.5 Å². The molecule has 4 nitrogen and oxygen atoms in total. The summed E-state index contributed by atoms with van der Waals surface area (Å²) >= 11 is 0. The number of benzene rings is 1. The molecule has 0 bridgehead atoms. The average molecular weight is 236 g/mol. The van der Waals surface area contributed by atoms with Crippen molar-refractivity contribution >= 4 is 5.97 Å². The third-order valence-corrected chi connectivity index (χ3v) is 2.25. The second-order valence-electron chi connectivity index (χ2n) is 3.69. The van der Waals surface area contributed by atoms with Gasteiger partial charge in [0, 0.05) is 12.0 Å². The van der Waals surface area contributed by atoms with Gasteiger partial charge in [-0.2, -0.15) is 0 Å². The lowest BCUT2D eigenvalue weighted by Gasteiger charge is -2.13. The molecule has 1 aromatic rings. The topological polar surface area (TPSA) is 66.8 Å². The molecule has 0 aliphatic rings. The number of rotatable bonds is 7. The van der Waals surface area contributed by atoms with Gasteiger partial charge in [0.2, 0.25) is 0 Å². The lowest BCUT2D eigenvalue weighted by atomic mass is 10.1. The Bertz CT molecular complexity index is 372. The standard InChI is InChI=1S/C13H16O4/c1-10(13(15)16)6-5-9-12(14)17-11-7-3-2-4-8-11/h2-4,7-8,12,14H,1,5-6,9H2,(H,15,16). The van der Waals surface area contributed by atoms with Crippen LogP contribution >= 0.6 is 0 Å². The first-order chi connectivity index (χ1) is 8.09. The molecule has 1 unspecified atom stereocenters. The van der Waals surface area contributed by atoms with E-state index in [1.807, 2.05) is 18.2 Å². The molecule has 0 heterocycles. The lowest BCUT2D eigenvalue weighted by molar-refractivity contribution is -0.132. The fraction of sp³-hybridized carbons (Fsp3) is 0.308. The fourth-order valence-electron chi connectivity index (χ4n) is 1.31. The van der Waals surface area contributed by atoms with Gasteiger partial charge < -0.3 is 14.9 Å². The van der Waals surface area contributed by atoms with E-state index in [0.717, 1.165) is 0 Å². The molecule has 17 heavy (non-hydrogen) atoms. The highest BCUT2D eigenvalue weighted by Crippen LogP contribution is 2.14. The van der Waals surface area contributed by atoms with Crippen LogP contribution in [0.5, 0.6) is 5.75 Å². The number of aliphatic carboxylic acids is 1. The highest BCUT2D eigenvalue weighted by Gasteiger charge is 2.08. The molecule has 0 aliphatic carbocycles. The van der Waals surface area contributed by atoms with E-state index in [-0.39, 0.29) is 5.57 Å². The van der Waals surface area contributed by atoms with Crippen LogP contribution in [0.2, 0.25) is 0 Å². The van der Waals surface area contributed by atoms with Crippen LogP contribution in [-0.2, 0) is 4.79 Å². The zero-order valence-electron chi connectivity index (χ0n) is 9.50. The Morgan fingerprint density at radius 1 is 1.35 bits per heavy atom. The normalized spacial score (nSPS) is 11.8. The Hall–Kier alpha value is -1.81. The number of hydrogen-bond donors (Lipinski definition) is 2. The molecule has 1 aromatic carbocycles. The van der Waals surface area contributed by atoms with Crippen molar-refractivity contribution in [2.75, 3.05) is 0 Å². The summed E-state index contributed by atoms with van der Waals surface area (Å²) in [6.07, 6.45) is 0.337. The molecule has 0 aromatic heterocycles. The van der Waals surface area contributed by atoms with Gasteiger partial charge in [0.25, 0.3) is 0 Å². The molecule has 92 valence electrons. The van der Waals surface area contributed by atoms with Crippen LogP contribution in [0.25, 0.3) is 0 Å². The lowest BCUT2D eigenvalue weighted by Crippen LogP contribution is -2.15. The van der Waals surface area contributed by atoms with Crippen molar-refractivity contribution < 1.29 is 19.7 Å². The van der Waals surface area contributed by atoms with E-state index < -0.39 is 12.3 Å². The molecule has 1 rings (SSSR count). The van der Waals surface area contributed by atoms with E-state index in [0.29, 0.717) is 25.0 Å². The quantitative estimate of drug-likeness (QED) is 0.562. The first kappa shape index (κ1) is 13.3. The highest BCUT2D eigenvalue weighted by atomic mass is 16.6. The number of ether oxygens (including phenoxy) is 1. The van der Waals surface area contributed by atoms with Gasteiger partial charge in [0.1, 0.15) is 5.75 Å². The predicted octanol–water partition coefficient (Wildman–Crippen LogP) is 2.19. The fourth-order valence-corrected chi connectivity index (χ4v) is 1.31. The van der Waals surface area contributed by atoms with Gasteiger partial charge in [-0.3, -0.25) is 0 Å². The van der Waals surface area contributed by atoms with E-state index in [1.54, 1.807) is 12.1 Å². The van der Waals surface area contributed by atoms with E-state index in [2.05, 4.69) is 6.58 Å². The monoisotopic (exact) mass is 236 g/mol. The van der Waals surface area contributed by atoms with Crippen molar-refractivity contribution in [3.63, 3.8) is 0 Å². The summed E-state index contributed by atoms with van der Waals surface area (Å²) in [6.45, 7) is 3.41. The van der Waals surface area contributed by atoms with Crippen molar-refractivity contribution in [3.8, 4) is 5.75 Å². The van der Waals surface area contributed by atoms with Crippen LogP contribution in [-0.4, -0.2) is 22.5 Å². The predicted molar refractivity (Wildman–Crippen MR) is 63.7 cm³/mol. The summed E-state index contributed by atoms with van der Waals surface area (Å²) in [5.74, 6) is -0.402. The Labute approximate surface area is 100 Å². The van der Waals surface area contributed by atoms with E-state index in [4.69, 9.17) is 9.84 Å². The Kier molecular flexibility index (Phi) is 5.23. The maximum Gasteiger partial charge on any atom is 0.330 e. The van der Waals surface area contributed by atoms with Gasteiger partial charge in [-0.15, -0.1) is 0 Å². The van der Waals surface area contributed by atoms with E-state index in [9.17, 15) is 9.90 Å². The largest absolute Gasteiger partial charge is 0.478 e. The van der Waals surface area contributed by atoms with Crippen molar-refractivity contribution in [1.29, 1.82) is 0 Å². The van der Waals surface area contributed by atoms with Crippen LogP contribution < -0.4 is 4.74 Å². The maximum absolute atomic E-state index is 10.5. The molecule has 1 atom stereocenters. The minimum absolute atomic E-state index is 0.150. The number of carbonyl (C=O) groups is 1. The highest BCUT2D eigenvalue weighted by molar-refractivity contribution is 5.85. The molecular formula is C13H16O4. The third-order valence-electron chi connectivity index (χ3n) is 2.25. The van der Waals surface area contributed by atoms with Gasteiger partial charge in [-0.1, -0.05) is 24.8 Å². The number of hydrogen-bond acceptors (Lipinski definition) is 3. The molecule has 2 N–H and O–H groups in total. The summed E-state index contributed by atoms with van der Waals surface area (Å²) in [7, 11) is 0. The molecule has 0 aliphatic heterocycles. The molecule has 0 spiro atoms. The smallest absolute Gasteiger partial charge is 0.330 e.